The molecule has 0 spiro atoms. The third kappa shape index (κ3) is 3.99. The summed E-state index contributed by atoms with van der Waals surface area (Å²) in [7, 11) is 1.78. The van der Waals surface area contributed by atoms with Crippen molar-refractivity contribution in [3.63, 3.8) is 0 Å². The highest BCUT2D eigenvalue weighted by atomic mass is 16.2. The number of nitrogens with zero attached hydrogens (tertiary/aromatic N) is 1. The summed E-state index contributed by atoms with van der Waals surface area (Å²) in [5.41, 5.74) is 0.942. The lowest BCUT2D eigenvalue weighted by atomic mass is 10.1. The molecule has 0 aliphatic heterocycles. The van der Waals surface area contributed by atoms with Crippen molar-refractivity contribution >= 4 is 12.2 Å². The van der Waals surface area contributed by atoms with E-state index in [1.807, 2.05) is 0 Å². The van der Waals surface area contributed by atoms with Gasteiger partial charge in [-0.3, -0.25) is 9.59 Å². The number of benzene rings is 1. The average molecular weight is 247 g/mol. The fourth-order valence-electron chi connectivity index (χ4n) is 1.84. The van der Waals surface area contributed by atoms with Crippen molar-refractivity contribution in [2.75, 3.05) is 13.6 Å². The van der Waals surface area contributed by atoms with Gasteiger partial charge in [0.25, 0.3) is 5.91 Å². The van der Waals surface area contributed by atoms with E-state index in [0.717, 1.165) is 25.7 Å². The van der Waals surface area contributed by atoms with Crippen molar-refractivity contribution in [3.8, 4) is 0 Å². The van der Waals surface area contributed by atoms with Crippen LogP contribution in [0.1, 0.15) is 47.4 Å². The van der Waals surface area contributed by atoms with Crippen LogP contribution in [-0.4, -0.2) is 30.7 Å². The Labute approximate surface area is 109 Å². The Balaban J connectivity index is 2.65. The predicted octanol–water partition coefficient (Wildman–Crippen LogP) is 3.01. The number of carbonyl (C=O) groups is 2. The van der Waals surface area contributed by atoms with Crippen LogP contribution < -0.4 is 0 Å². The molecule has 98 valence electrons. The SMILES string of the molecule is CC(C)CCCN(C)C(=O)c1ccccc1C=O. The molecule has 0 aliphatic carbocycles. The summed E-state index contributed by atoms with van der Waals surface area (Å²) in [6.07, 6.45) is 2.82. The van der Waals surface area contributed by atoms with Gasteiger partial charge in [0.2, 0.25) is 0 Å². The van der Waals surface area contributed by atoms with E-state index in [0.29, 0.717) is 17.0 Å². The summed E-state index contributed by atoms with van der Waals surface area (Å²) in [5.74, 6) is 0.567. The average Bonchev–Trinajstić information content (AvgIpc) is 2.37. The molecular weight excluding hydrogens is 226 g/mol. The van der Waals surface area contributed by atoms with E-state index in [1.165, 1.54) is 0 Å². The molecule has 0 aliphatic rings. The molecule has 0 fully saturated rings. The first-order valence-electron chi connectivity index (χ1n) is 6.36. The molecule has 18 heavy (non-hydrogen) atoms. The van der Waals surface area contributed by atoms with Crippen molar-refractivity contribution in [2.24, 2.45) is 5.92 Å². The van der Waals surface area contributed by atoms with Gasteiger partial charge in [0.05, 0.1) is 5.56 Å². The Morgan fingerprint density at radius 1 is 1.33 bits per heavy atom. The molecule has 1 rings (SSSR count). The van der Waals surface area contributed by atoms with E-state index in [2.05, 4.69) is 13.8 Å². The van der Waals surface area contributed by atoms with Gasteiger partial charge in [0, 0.05) is 19.2 Å². The molecular formula is C15H21NO2. The van der Waals surface area contributed by atoms with Gasteiger partial charge in [-0.05, 0) is 24.8 Å². The Morgan fingerprint density at radius 2 is 2.00 bits per heavy atom. The fraction of sp³-hybridized carbons (Fsp3) is 0.467. The van der Waals surface area contributed by atoms with Gasteiger partial charge < -0.3 is 4.90 Å². The highest BCUT2D eigenvalue weighted by Crippen LogP contribution is 2.11. The van der Waals surface area contributed by atoms with Crippen molar-refractivity contribution in [2.45, 2.75) is 26.7 Å². The summed E-state index contributed by atoms with van der Waals surface area (Å²) < 4.78 is 0. The Bertz CT molecular complexity index is 413. The maximum Gasteiger partial charge on any atom is 0.254 e. The molecule has 3 nitrogen and oxygen atoms in total. The Kier molecular flexibility index (Phi) is 5.56. The zero-order valence-corrected chi connectivity index (χ0v) is 11.3. The molecule has 0 N–H and O–H groups in total. The first-order chi connectivity index (χ1) is 8.56. The number of hydrogen-bond acceptors (Lipinski definition) is 2. The number of hydrogen-bond donors (Lipinski definition) is 0. The zero-order valence-electron chi connectivity index (χ0n) is 11.3. The first kappa shape index (κ1) is 14.4. The van der Waals surface area contributed by atoms with Crippen molar-refractivity contribution < 1.29 is 9.59 Å². The van der Waals surface area contributed by atoms with Crippen LogP contribution in [0.5, 0.6) is 0 Å². The lowest BCUT2D eigenvalue weighted by Crippen LogP contribution is -2.28. The van der Waals surface area contributed by atoms with Crippen LogP contribution in [0.2, 0.25) is 0 Å². The van der Waals surface area contributed by atoms with E-state index in [1.54, 1.807) is 36.2 Å². The monoisotopic (exact) mass is 247 g/mol. The lowest BCUT2D eigenvalue weighted by molar-refractivity contribution is 0.0788. The van der Waals surface area contributed by atoms with Gasteiger partial charge in [0.15, 0.2) is 6.29 Å². The maximum atomic E-state index is 12.2. The number of aldehydes is 1. The second-order valence-corrected chi connectivity index (χ2v) is 4.97. The molecule has 0 aromatic heterocycles. The lowest BCUT2D eigenvalue weighted by Gasteiger charge is -2.18. The molecule has 1 amide bonds. The van der Waals surface area contributed by atoms with Crippen LogP contribution in [0.3, 0.4) is 0 Å². The highest BCUT2D eigenvalue weighted by Gasteiger charge is 2.14. The summed E-state index contributed by atoms with van der Waals surface area (Å²) in [6, 6.07) is 6.91. The topological polar surface area (TPSA) is 37.4 Å². The predicted molar refractivity (Wildman–Crippen MR) is 72.9 cm³/mol. The van der Waals surface area contributed by atoms with Gasteiger partial charge in [-0.25, -0.2) is 0 Å². The molecule has 0 saturated heterocycles. The minimum absolute atomic E-state index is 0.0820. The van der Waals surface area contributed by atoms with Crippen LogP contribution in [0.4, 0.5) is 0 Å². The van der Waals surface area contributed by atoms with Crippen LogP contribution in [0, 0.1) is 5.92 Å². The first-order valence-corrected chi connectivity index (χ1v) is 6.36. The molecule has 0 saturated carbocycles. The summed E-state index contributed by atoms with van der Waals surface area (Å²) in [5, 5.41) is 0. The number of carbonyl (C=O) groups excluding carboxylic acids is 2. The van der Waals surface area contributed by atoms with Crippen LogP contribution in [-0.2, 0) is 0 Å². The van der Waals surface area contributed by atoms with E-state index in [-0.39, 0.29) is 5.91 Å². The van der Waals surface area contributed by atoms with E-state index in [9.17, 15) is 9.59 Å². The van der Waals surface area contributed by atoms with E-state index >= 15 is 0 Å². The largest absolute Gasteiger partial charge is 0.342 e. The molecule has 0 radical (unpaired) electrons. The van der Waals surface area contributed by atoms with Crippen molar-refractivity contribution in [1.82, 2.24) is 4.90 Å². The molecule has 0 atom stereocenters. The molecule has 3 heteroatoms. The third-order valence-electron chi connectivity index (χ3n) is 2.94. The van der Waals surface area contributed by atoms with Crippen molar-refractivity contribution in [1.29, 1.82) is 0 Å². The quantitative estimate of drug-likeness (QED) is 0.725. The summed E-state index contributed by atoms with van der Waals surface area (Å²) in [6.45, 7) is 5.07. The zero-order chi connectivity index (χ0) is 13.5. The second-order valence-electron chi connectivity index (χ2n) is 4.97. The standard InChI is InChI=1S/C15H21NO2/c1-12(2)7-6-10-16(3)15(18)14-9-5-4-8-13(14)11-17/h4-5,8-9,11-12H,6-7,10H2,1-3H3. The van der Waals surface area contributed by atoms with Gasteiger partial charge in [0.1, 0.15) is 0 Å². The van der Waals surface area contributed by atoms with Crippen molar-refractivity contribution in [3.05, 3.63) is 35.4 Å². The van der Waals surface area contributed by atoms with Gasteiger partial charge >= 0.3 is 0 Å². The molecule has 1 aromatic rings. The second kappa shape index (κ2) is 6.94. The molecule has 0 bridgehead atoms. The van der Waals surface area contributed by atoms with E-state index < -0.39 is 0 Å². The van der Waals surface area contributed by atoms with Gasteiger partial charge in [-0.15, -0.1) is 0 Å². The maximum absolute atomic E-state index is 12.2. The third-order valence-corrected chi connectivity index (χ3v) is 2.94. The Hall–Kier alpha value is -1.64. The normalized spacial score (nSPS) is 10.4. The van der Waals surface area contributed by atoms with Crippen LogP contribution in [0.15, 0.2) is 24.3 Å². The van der Waals surface area contributed by atoms with E-state index in [4.69, 9.17) is 0 Å². The fourth-order valence-corrected chi connectivity index (χ4v) is 1.84. The molecule has 1 aromatic carbocycles. The number of amides is 1. The van der Waals surface area contributed by atoms with Crippen LogP contribution in [0.25, 0.3) is 0 Å². The summed E-state index contributed by atoms with van der Waals surface area (Å²) in [4.78, 5) is 24.7. The van der Waals surface area contributed by atoms with Gasteiger partial charge in [-0.1, -0.05) is 32.0 Å². The molecule has 0 heterocycles. The highest BCUT2D eigenvalue weighted by molar-refractivity contribution is 6.01. The summed E-state index contributed by atoms with van der Waals surface area (Å²) >= 11 is 0. The smallest absolute Gasteiger partial charge is 0.254 e. The number of rotatable bonds is 6. The molecule has 0 unspecified atom stereocenters. The van der Waals surface area contributed by atoms with Crippen LogP contribution >= 0.6 is 0 Å². The minimum atomic E-state index is -0.0820. The minimum Gasteiger partial charge on any atom is -0.342 e. The van der Waals surface area contributed by atoms with Gasteiger partial charge in [-0.2, -0.15) is 0 Å². The Morgan fingerprint density at radius 3 is 2.61 bits per heavy atom.